The highest BCUT2D eigenvalue weighted by Crippen LogP contribution is 2.26. The third kappa shape index (κ3) is 32.2. The summed E-state index contributed by atoms with van der Waals surface area (Å²) in [5, 5.41) is 55.5. The maximum absolute atomic E-state index is 13.2. The van der Waals surface area contributed by atoms with Gasteiger partial charge in [0.15, 0.2) is 6.29 Å². The predicted octanol–water partition coefficient (Wildman–Crippen LogP) is 9.70. The van der Waals surface area contributed by atoms with Gasteiger partial charge in [0.2, 0.25) is 5.91 Å². The molecule has 0 aliphatic carbocycles. The van der Waals surface area contributed by atoms with Gasteiger partial charge in [-0.25, -0.2) is 4.18 Å². The Labute approximate surface area is 383 Å². The van der Waals surface area contributed by atoms with E-state index in [4.69, 9.17) is 9.47 Å². The molecule has 374 valence electrons. The number of rotatable bonds is 44. The molecule has 1 amide bonds. The van der Waals surface area contributed by atoms with Crippen LogP contribution in [0.1, 0.15) is 232 Å². The molecular formula is C49H95NO12S. The van der Waals surface area contributed by atoms with Crippen LogP contribution in [0, 0.1) is 0 Å². The molecular weight excluding hydrogens is 827 g/mol. The van der Waals surface area contributed by atoms with E-state index in [1.807, 2.05) is 0 Å². The van der Waals surface area contributed by atoms with Gasteiger partial charge in [-0.15, -0.1) is 0 Å². The van der Waals surface area contributed by atoms with Crippen LogP contribution in [0.25, 0.3) is 0 Å². The van der Waals surface area contributed by atoms with E-state index >= 15 is 0 Å². The molecule has 13 nitrogen and oxygen atoms in total. The summed E-state index contributed by atoms with van der Waals surface area (Å²) in [4.78, 5) is 13.2. The third-order valence-corrected chi connectivity index (χ3v) is 12.9. The lowest BCUT2D eigenvalue weighted by atomic mass is 9.99. The topological polar surface area (TPSA) is 212 Å². The first-order valence-corrected chi connectivity index (χ1v) is 27.0. The number of aliphatic hydroxyl groups excluding tert-OH is 5. The summed E-state index contributed by atoms with van der Waals surface area (Å²) in [5.74, 6) is -0.672. The summed E-state index contributed by atoms with van der Waals surface area (Å²) in [6.45, 7) is 3.28. The Morgan fingerprint density at radius 1 is 0.619 bits per heavy atom. The van der Waals surface area contributed by atoms with Gasteiger partial charge in [-0.2, -0.15) is 8.42 Å². The molecule has 1 saturated heterocycles. The largest absolute Gasteiger partial charge is 0.397 e. The zero-order valence-corrected chi connectivity index (χ0v) is 40.6. The maximum Gasteiger partial charge on any atom is 0.397 e. The molecule has 1 aliphatic rings. The summed E-state index contributed by atoms with van der Waals surface area (Å²) in [7, 11) is -5.11. The highest BCUT2D eigenvalue weighted by atomic mass is 32.3. The van der Waals surface area contributed by atoms with E-state index in [1.165, 1.54) is 128 Å². The first-order valence-electron chi connectivity index (χ1n) is 25.7. The van der Waals surface area contributed by atoms with Gasteiger partial charge >= 0.3 is 10.4 Å². The molecule has 8 unspecified atom stereocenters. The van der Waals surface area contributed by atoms with Crippen LogP contribution in [-0.2, 0) is 28.9 Å². The van der Waals surface area contributed by atoms with Crippen molar-refractivity contribution < 1.29 is 57.0 Å². The molecule has 8 atom stereocenters. The zero-order valence-electron chi connectivity index (χ0n) is 39.8. The molecule has 1 heterocycles. The maximum atomic E-state index is 13.2. The first-order chi connectivity index (χ1) is 30.4. The van der Waals surface area contributed by atoms with Crippen molar-refractivity contribution >= 4 is 16.3 Å². The van der Waals surface area contributed by atoms with Crippen LogP contribution in [0.4, 0.5) is 0 Å². The normalized spacial score (nSPS) is 20.9. The Morgan fingerprint density at radius 3 is 1.44 bits per heavy atom. The molecule has 0 bridgehead atoms. The molecule has 0 aromatic carbocycles. The SMILES string of the molecule is CCCCCC/C=C\CCCCCCCCC(O)C(=O)NC(COC1OC(CO)C(O)C(OS(=O)(=O)O)C1O)C(O)CCCCCCCCCCCCCCCCCCCCCC. The van der Waals surface area contributed by atoms with Gasteiger partial charge in [-0.3, -0.25) is 9.35 Å². The Bertz CT molecular complexity index is 1190. The minimum absolute atomic E-state index is 0.255. The number of allylic oxidation sites excluding steroid dienone is 2. The first kappa shape index (κ1) is 59.8. The Balaban J connectivity index is 2.49. The molecule has 14 heteroatoms. The molecule has 0 saturated carbocycles. The number of carbonyl (C=O) groups is 1. The van der Waals surface area contributed by atoms with Crippen molar-refractivity contribution in [3.8, 4) is 0 Å². The van der Waals surface area contributed by atoms with Gasteiger partial charge in [-0.05, 0) is 38.5 Å². The van der Waals surface area contributed by atoms with Crippen molar-refractivity contribution in [3.05, 3.63) is 12.2 Å². The van der Waals surface area contributed by atoms with Crippen molar-refractivity contribution in [2.75, 3.05) is 13.2 Å². The van der Waals surface area contributed by atoms with Crippen molar-refractivity contribution in [3.63, 3.8) is 0 Å². The number of ether oxygens (including phenoxy) is 2. The van der Waals surface area contributed by atoms with Crippen LogP contribution in [-0.4, -0.2) is 107 Å². The van der Waals surface area contributed by atoms with E-state index in [2.05, 4.69) is 35.5 Å². The van der Waals surface area contributed by atoms with E-state index < -0.39 is 78.5 Å². The fraction of sp³-hybridized carbons (Fsp3) is 0.939. The van der Waals surface area contributed by atoms with Gasteiger partial charge in [0, 0.05) is 0 Å². The highest BCUT2D eigenvalue weighted by Gasteiger charge is 2.48. The number of hydrogen-bond acceptors (Lipinski definition) is 11. The molecule has 7 N–H and O–H groups in total. The van der Waals surface area contributed by atoms with E-state index in [-0.39, 0.29) is 6.42 Å². The molecule has 1 rings (SSSR count). The molecule has 63 heavy (non-hydrogen) atoms. The minimum Gasteiger partial charge on any atom is -0.394 e. The van der Waals surface area contributed by atoms with Crippen LogP contribution in [0.2, 0.25) is 0 Å². The van der Waals surface area contributed by atoms with E-state index in [0.29, 0.717) is 19.3 Å². The second-order valence-electron chi connectivity index (χ2n) is 18.3. The number of carbonyl (C=O) groups excluding carboxylic acids is 1. The van der Waals surface area contributed by atoms with Gasteiger partial charge < -0.3 is 40.3 Å². The van der Waals surface area contributed by atoms with Gasteiger partial charge in [0.1, 0.15) is 30.5 Å². The second kappa shape index (κ2) is 39.9. The molecule has 0 spiro atoms. The number of amides is 1. The van der Waals surface area contributed by atoms with Crippen LogP contribution in [0.3, 0.4) is 0 Å². The highest BCUT2D eigenvalue weighted by molar-refractivity contribution is 7.80. The van der Waals surface area contributed by atoms with Crippen LogP contribution in [0.15, 0.2) is 12.2 Å². The molecule has 0 radical (unpaired) electrons. The summed E-state index contributed by atoms with van der Waals surface area (Å²) in [6.07, 6.45) is 32.5. The minimum atomic E-state index is -5.11. The number of nitrogens with one attached hydrogen (secondary N) is 1. The summed E-state index contributed by atoms with van der Waals surface area (Å²) < 4.78 is 47.7. The van der Waals surface area contributed by atoms with E-state index in [0.717, 1.165) is 64.2 Å². The standard InChI is InChI=1S/C49H95NO12S/c1-3-5-7-9-11-13-15-17-19-20-21-22-23-24-26-27-29-31-33-35-37-42(52)41(40-60-49-46(55)47(62-63(57,58)59)45(54)44(39-51)61-49)50-48(56)43(53)38-36-34-32-30-28-25-18-16-14-12-10-8-6-4-2/h14,16,41-47,49,51-55H,3-13,15,17-40H2,1-2H3,(H,50,56)(H,57,58,59)/b16-14-. The van der Waals surface area contributed by atoms with Crippen LogP contribution in [0.5, 0.6) is 0 Å². The molecule has 1 aliphatic heterocycles. The Hall–Kier alpha value is -1.20. The van der Waals surface area contributed by atoms with Crippen molar-refractivity contribution in [1.82, 2.24) is 5.32 Å². The fourth-order valence-electron chi connectivity index (χ4n) is 8.34. The van der Waals surface area contributed by atoms with Crippen LogP contribution >= 0.6 is 0 Å². The van der Waals surface area contributed by atoms with E-state index in [9.17, 15) is 43.3 Å². The van der Waals surface area contributed by atoms with Crippen LogP contribution < -0.4 is 5.32 Å². The number of aliphatic hydroxyl groups is 5. The number of unbranched alkanes of at least 4 members (excludes halogenated alkanes) is 29. The quantitative estimate of drug-likeness (QED) is 0.0173. The lowest BCUT2D eigenvalue weighted by Gasteiger charge is -2.41. The second-order valence-corrected chi connectivity index (χ2v) is 19.3. The number of hydrogen-bond donors (Lipinski definition) is 7. The molecule has 1 fully saturated rings. The fourth-order valence-corrected chi connectivity index (χ4v) is 8.85. The zero-order chi connectivity index (χ0) is 46.4. The lowest BCUT2D eigenvalue weighted by Crippen LogP contribution is -2.61. The smallest absolute Gasteiger partial charge is 0.394 e. The molecule has 0 aromatic rings. The summed E-state index contributed by atoms with van der Waals surface area (Å²) >= 11 is 0. The third-order valence-electron chi connectivity index (χ3n) is 12.4. The monoisotopic (exact) mass is 922 g/mol. The van der Waals surface area contributed by atoms with Gasteiger partial charge in [-0.1, -0.05) is 206 Å². The molecule has 0 aromatic heterocycles. The Morgan fingerprint density at radius 2 is 1.02 bits per heavy atom. The summed E-state index contributed by atoms with van der Waals surface area (Å²) in [5.41, 5.74) is 0. The van der Waals surface area contributed by atoms with Gasteiger partial charge in [0.05, 0.1) is 25.4 Å². The lowest BCUT2D eigenvalue weighted by molar-refractivity contribution is -0.298. The Kier molecular flexibility index (Phi) is 37.9. The predicted molar refractivity (Wildman–Crippen MR) is 252 cm³/mol. The van der Waals surface area contributed by atoms with Gasteiger partial charge in [0.25, 0.3) is 0 Å². The average Bonchev–Trinajstić information content (AvgIpc) is 3.25. The average molecular weight is 922 g/mol. The van der Waals surface area contributed by atoms with E-state index in [1.54, 1.807) is 0 Å². The van der Waals surface area contributed by atoms with Crippen molar-refractivity contribution in [1.29, 1.82) is 0 Å². The summed E-state index contributed by atoms with van der Waals surface area (Å²) in [6, 6.07) is -1.03. The van der Waals surface area contributed by atoms with Crippen molar-refractivity contribution in [2.45, 2.75) is 281 Å². The van der Waals surface area contributed by atoms with Crippen molar-refractivity contribution in [2.24, 2.45) is 0 Å².